The van der Waals surface area contributed by atoms with Crippen LogP contribution in [0.2, 0.25) is 0 Å². The van der Waals surface area contributed by atoms with E-state index in [1.807, 2.05) is 30.3 Å². The molecule has 0 aliphatic rings. The van der Waals surface area contributed by atoms with Crippen molar-refractivity contribution in [1.29, 1.82) is 0 Å². The molecule has 116 valence electrons. The molecule has 1 heterocycles. The molecule has 0 amide bonds. The smallest absolute Gasteiger partial charge is 0.144 e. The summed E-state index contributed by atoms with van der Waals surface area (Å²) in [7, 11) is 0. The van der Waals surface area contributed by atoms with Crippen LogP contribution in [0.25, 0.3) is 22.0 Å². The molecule has 1 N–H and O–H groups in total. The third-order valence-corrected chi connectivity index (χ3v) is 4.01. The summed E-state index contributed by atoms with van der Waals surface area (Å²) in [4.78, 5) is 8.95. The Hall–Kier alpha value is -3.20. The Morgan fingerprint density at radius 3 is 2.29 bits per heavy atom. The topological polar surface area (TPSA) is 37.8 Å². The summed E-state index contributed by atoms with van der Waals surface area (Å²) < 4.78 is 0. The molecule has 3 heteroatoms. The molecule has 0 saturated heterocycles. The fraction of sp³-hybridized carbons (Fsp3) is 0.0476. The van der Waals surface area contributed by atoms with Gasteiger partial charge in [0.1, 0.15) is 5.82 Å². The Labute approximate surface area is 141 Å². The maximum atomic E-state index is 4.49. The Kier molecular flexibility index (Phi) is 3.90. The second-order valence-electron chi connectivity index (χ2n) is 5.69. The standard InChI is InChI=1S/C21H17N3/c1-2-7-18(8-3-1)20-14-24-21(15-22-20)23-13-16-10-11-17-6-4-5-9-19(17)12-16/h1-12,14-15H,13H2,(H,23,24). The molecule has 4 aromatic rings. The van der Waals surface area contributed by atoms with Gasteiger partial charge in [-0.05, 0) is 22.4 Å². The fourth-order valence-electron chi connectivity index (χ4n) is 2.72. The van der Waals surface area contributed by atoms with Gasteiger partial charge >= 0.3 is 0 Å². The largest absolute Gasteiger partial charge is 0.365 e. The van der Waals surface area contributed by atoms with Crippen molar-refractivity contribution in [3.05, 3.63) is 90.8 Å². The molecule has 0 unspecified atom stereocenters. The molecule has 0 fully saturated rings. The summed E-state index contributed by atoms with van der Waals surface area (Å²) in [6.07, 6.45) is 3.58. The molecule has 0 saturated carbocycles. The van der Waals surface area contributed by atoms with Gasteiger partial charge in [0.05, 0.1) is 18.1 Å². The van der Waals surface area contributed by atoms with Crippen molar-refractivity contribution in [3.8, 4) is 11.3 Å². The third kappa shape index (κ3) is 3.10. The van der Waals surface area contributed by atoms with E-state index in [1.54, 1.807) is 12.4 Å². The normalized spacial score (nSPS) is 10.7. The number of hydrogen-bond acceptors (Lipinski definition) is 3. The summed E-state index contributed by atoms with van der Waals surface area (Å²) in [5.74, 6) is 0.780. The Bertz CT molecular complexity index is 947. The van der Waals surface area contributed by atoms with E-state index in [9.17, 15) is 0 Å². The molecule has 0 spiro atoms. The molecule has 4 rings (SSSR count). The van der Waals surface area contributed by atoms with Gasteiger partial charge in [-0.15, -0.1) is 0 Å². The first-order valence-corrected chi connectivity index (χ1v) is 7.97. The third-order valence-electron chi connectivity index (χ3n) is 4.01. The highest BCUT2D eigenvalue weighted by molar-refractivity contribution is 5.83. The lowest BCUT2D eigenvalue weighted by atomic mass is 10.1. The van der Waals surface area contributed by atoms with Gasteiger partial charge in [0.2, 0.25) is 0 Å². The van der Waals surface area contributed by atoms with Crippen LogP contribution >= 0.6 is 0 Å². The van der Waals surface area contributed by atoms with E-state index in [1.165, 1.54) is 16.3 Å². The SMILES string of the molecule is c1ccc(-c2cnc(NCc3ccc4ccccc4c3)cn2)cc1. The number of rotatable bonds is 4. The summed E-state index contributed by atoms with van der Waals surface area (Å²) >= 11 is 0. The van der Waals surface area contributed by atoms with Gasteiger partial charge in [-0.1, -0.05) is 66.7 Å². The lowest BCUT2D eigenvalue weighted by molar-refractivity contribution is 1.09. The molecular weight excluding hydrogens is 294 g/mol. The average molecular weight is 311 g/mol. The first kappa shape index (κ1) is 14.4. The van der Waals surface area contributed by atoms with E-state index in [-0.39, 0.29) is 0 Å². The summed E-state index contributed by atoms with van der Waals surface area (Å²) in [6.45, 7) is 0.726. The number of anilines is 1. The summed E-state index contributed by atoms with van der Waals surface area (Å²) in [5, 5.41) is 5.84. The van der Waals surface area contributed by atoms with E-state index in [4.69, 9.17) is 0 Å². The van der Waals surface area contributed by atoms with Crippen molar-refractivity contribution in [3.63, 3.8) is 0 Å². The van der Waals surface area contributed by atoms with Gasteiger partial charge in [0, 0.05) is 12.1 Å². The second-order valence-corrected chi connectivity index (χ2v) is 5.69. The van der Waals surface area contributed by atoms with Gasteiger partial charge in [-0.3, -0.25) is 4.98 Å². The van der Waals surface area contributed by atoms with E-state index in [2.05, 4.69) is 57.7 Å². The number of hydrogen-bond donors (Lipinski definition) is 1. The number of fused-ring (bicyclic) bond motifs is 1. The second kappa shape index (κ2) is 6.50. The number of benzene rings is 3. The average Bonchev–Trinajstić information content (AvgIpc) is 2.67. The zero-order valence-corrected chi connectivity index (χ0v) is 13.2. The van der Waals surface area contributed by atoms with Crippen LogP contribution in [0, 0.1) is 0 Å². The maximum Gasteiger partial charge on any atom is 0.144 e. The minimum Gasteiger partial charge on any atom is -0.365 e. The maximum absolute atomic E-state index is 4.49. The van der Waals surface area contributed by atoms with Crippen molar-refractivity contribution in [2.45, 2.75) is 6.54 Å². The summed E-state index contributed by atoms with van der Waals surface area (Å²) in [6, 6.07) is 24.9. The van der Waals surface area contributed by atoms with Crippen molar-refractivity contribution in [2.75, 3.05) is 5.32 Å². The predicted molar refractivity (Wildman–Crippen MR) is 98.7 cm³/mol. The molecule has 0 bridgehead atoms. The van der Waals surface area contributed by atoms with Crippen molar-refractivity contribution in [2.24, 2.45) is 0 Å². The summed E-state index contributed by atoms with van der Waals surface area (Å²) in [5.41, 5.74) is 3.18. The van der Waals surface area contributed by atoms with Crippen LogP contribution < -0.4 is 5.32 Å². The molecule has 0 aliphatic carbocycles. The lowest BCUT2D eigenvalue weighted by Crippen LogP contribution is -2.02. The first-order valence-electron chi connectivity index (χ1n) is 7.97. The Balaban J connectivity index is 1.47. The predicted octanol–water partition coefficient (Wildman–Crippen LogP) is 4.91. The van der Waals surface area contributed by atoms with Crippen LogP contribution in [0.15, 0.2) is 85.2 Å². The molecular formula is C21H17N3. The highest BCUT2D eigenvalue weighted by Gasteiger charge is 2.01. The quantitative estimate of drug-likeness (QED) is 0.582. The van der Waals surface area contributed by atoms with Crippen LogP contribution in [0.5, 0.6) is 0 Å². The van der Waals surface area contributed by atoms with Crippen LogP contribution in [-0.4, -0.2) is 9.97 Å². The number of nitrogens with one attached hydrogen (secondary N) is 1. The van der Waals surface area contributed by atoms with Gasteiger partial charge < -0.3 is 5.32 Å². The van der Waals surface area contributed by atoms with Crippen LogP contribution in [-0.2, 0) is 6.54 Å². The molecule has 24 heavy (non-hydrogen) atoms. The highest BCUT2D eigenvalue weighted by Crippen LogP contribution is 2.18. The van der Waals surface area contributed by atoms with Gasteiger partial charge in [0.15, 0.2) is 0 Å². The van der Waals surface area contributed by atoms with Crippen molar-refractivity contribution >= 4 is 16.6 Å². The van der Waals surface area contributed by atoms with E-state index in [0.29, 0.717) is 0 Å². The minimum atomic E-state index is 0.726. The molecule has 0 aliphatic heterocycles. The van der Waals surface area contributed by atoms with Gasteiger partial charge in [-0.2, -0.15) is 0 Å². The highest BCUT2D eigenvalue weighted by atomic mass is 15.0. The van der Waals surface area contributed by atoms with E-state index >= 15 is 0 Å². The zero-order chi connectivity index (χ0) is 16.2. The molecule has 3 aromatic carbocycles. The van der Waals surface area contributed by atoms with E-state index < -0.39 is 0 Å². The minimum absolute atomic E-state index is 0.726. The van der Waals surface area contributed by atoms with Crippen LogP contribution in [0.1, 0.15) is 5.56 Å². The monoisotopic (exact) mass is 311 g/mol. The molecule has 1 aromatic heterocycles. The molecule has 3 nitrogen and oxygen atoms in total. The van der Waals surface area contributed by atoms with Gasteiger partial charge in [-0.25, -0.2) is 4.98 Å². The van der Waals surface area contributed by atoms with Crippen molar-refractivity contribution < 1.29 is 0 Å². The molecule has 0 atom stereocenters. The Morgan fingerprint density at radius 1 is 0.708 bits per heavy atom. The van der Waals surface area contributed by atoms with Crippen LogP contribution in [0.3, 0.4) is 0 Å². The zero-order valence-electron chi connectivity index (χ0n) is 13.2. The number of aromatic nitrogens is 2. The van der Waals surface area contributed by atoms with E-state index in [0.717, 1.165) is 23.6 Å². The Morgan fingerprint density at radius 2 is 1.50 bits per heavy atom. The van der Waals surface area contributed by atoms with Crippen molar-refractivity contribution in [1.82, 2.24) is 9.97 Å². The first-order chi connectivity index (χ1) is 11.9. The fourth-order valence-corrected chi connectivity index (χ4v) is 2.72. The van der Waals surface area contributed by atoms with Gasteiger partial charge in [0.25, 0.3) is 0 Å². The number of nitrogens with zero attached hydrogens (tertiary/aromatic N) is 2. The molecule has 0 radical (unpaired) electrons. The lowest BCUT2D eigenvalue weighted by Gasteiger charge is -2.07. The van der Waals surface area contributed by atoms with Crippen LogP contribution in [0.4, 0.5) is 5.82 Å².